The van der Waals surface area contributed by atoms with Gasteiger partial charge in [-0.2, -0.15) is 0 Å². The van der Waals surface area contributed by atoms with Crippen molar-refractivity contribution in [1.82, 2.24) is 0 Å². The number of nitro groups is 1. The van der Waals surface area contributed by atoms with E-state index in [1.54, 1.807) is 12.1 Å². The standard InChI is InChI=1S/C16H17BrN2O2/c1-11(2)13-5-3-12(4-6-13)10-18-15-8-7-14(17)9-16(15)19(20)21/h3-9,11,18H,10H2,1-2H3. The van der Waals surface area contributed by atoms with Crippen LogP contribution in [0, 0.1) is 10.1 Å². The maximum absolute atomic E-state index is 11.0. The highest BCUT2D eigenvalue weighted by Crippen LogP contribution is 2.28. The highest BCUT2D eigenvalue weighted by molar-refractivity contribution is 9.10. The van der Waals surface area contributed by atoms with E-state index in [4.69, 9.17) is 0 Å². The van der Waals surface area contributed by atoms with E-state index in [1.165, 1.54) is 11.6 Å². The number of nitrogens with one attached hydrogen (secondary N) is 1. The van der Waals surface area contributed by atoms with Crippen LogP contribution in [-0.2, 0) is 6.54 Å². The van der Waals surface area contributed by atoms with E-state index < -0.39 is 0 Å². The van der Waals surface area contributed by atoms with Crippen LogP contribution in [0.4, 0.5) is 11.4 Å². The predicted octanol–water partition coefficient (Wildman–Crippen LogP) is 5.09. The van der Waals surface area contributed by atoms with Gasteiger partial charge in [-0.1, -0.05) is 54.0 Å². The number of hydrogen-bond donors (Lipinski definition) is 1. The molecule has 0 amide bonds. The number of hydrogen-bond acceptors (Lipinski definition) is 3. The van der Waals surface area contributed by atoms with Crippen LogP contribution in [-0.4, -0.2) is 4.92 Å². The first-order chi connectivity index (χ1) is 9.97. The third-order valence-electron chi connectivity index (χ3n) is 3.29. The van der Waals surface area contributed by atoms with E-state index in [0.717, 1.165) is 5.56 Å². The fourth-order valence-electron chi connectivity index (χ4n) is 2.02. The summed E-state index contributed by atoms with van der Waals surface area (Å²) in [4.78, 5) is 10.7. The molecule has 0 saturated carbocycles. The van der Waals surface area contributed by atoms with E-state index in [1.807, 2.05) is 12.1 Å². The van der Waals surface area contributed by atoms with Gasteiger partial charge in [-0.25, -0.2) is 0 Å². The molecule has 4 nitrogen and oxygen atoms in total. The normalized spacial score (nSPS) is 10.7. The molecule has 2 aromatic carbocycles. The third kappa shape index (κ3) is 4.04. The molecule has 0 saturated heterocycles. The number of nitrogens with zero attached hydrogens (tertiary/aromatic N) is 1. The Labute approximate surface area is 132 Å². The van der Waals surface area contributed by atoms with Crippen LogP contribution >= 0.6 is 15.9 Å². The summed E-state index contributed by atoms with van der Waals surface area (Å²) < 4.78 is 0.695. The molecular formula is C16H17BrN2O2. The molecule has 0 fully saturated rings. The second kappa shape index (κ2) is 6.72. The van der Waals surface area contributed by atoms with Crippen molar-refractivity contribution in [2.24, 2.45) is 0 Å². The molecule has 110 valence electrons. The molecule has 2 rings (SSSR count). The van der Waals surface area contributed by atoms with Gasteiger partial charge in [-0.15, -0.1) is 0 Å². The summed E-state index contributed by atoms with van der Waals surface area (Å²) in [5.41, 5.74) is 2.98. The second-order valence-corrected chi connectivity index (χ2v) is 6.08. The molecule has 0 aliphatic rings. The minimum atomic E-state index is -0.380. The zero-order valence-corrected chi connectivity index (χ0v) is 13.6. The quantitative estimate of drug-likeness (QED) is 0.604. The van der Waals surface area contributed by atoms with Crippen LogP contribution in [0.5, 0.6) is 0 Å². The largest absolute Gasteiger partial charge is 0.375 e. The van der Waals surface area contributed by atoms with E-state index in [0.29, 0.717) is 22.6 Å². The first kappa shape index (κ1) is 15.5. The van der Waals surface area contributed by atoms with Crippen molar-refractivity contribution in [3.8, 4) is 0 Å². The molecular weight excluding hydrogens is 332 g/mol. The van der Waals surface area contributed by atoms with Crippen LogP contribution in [0.2, 0.25) is 0 Å². The van der Waals surface area contributed by atoms with Crippen molar-refractivity contribution in [1.29, 1.82) is 0 Å². The third-order valence-corrected chi connectivity index (χ3v) is 3.78. The lowest BCUT2D eigenvalue weighted by molar-refractivity contribution is -0.384. The Hall–Kier alpha value is -1.88. The van der Waals surface area contributed by atoms with Crippen molar-refractivity contribution in [2.75, 3.05) is 5.32 Å². The van der Waals surface area contributed by atoms with Crippen LogP contribution < -0.4 is 5.32 Å². The molecule has 2 aromatic rings. The zero-order chi connectivity index (χ0) is 15.4. The lowest BCUT2D eigenvalue weighted by Gasteiger charge is -2.09. The molecule has 1 N–H and O–H groups in total. The van der Waals surface area contributed by atoms with Gasteiger partial charge in [-0.05, 0) is 29.2 Å². The number of anilines is 1. The Morgan fingerprint density at radius 1 is 1.19 bits per heavy atom. The van der Waals surface area contributed by atoms with Crippen molar-refractivity contribution in [3.63, 3.8) is 0 Å². The second-order valence-electron chi connectivity index (χ2n) is 5.17. The Morgan fingerprint density at radius 2 is 1.86 bits per heavy atom. The van der Waals surface area contributed by atoms with E-state index in [9.17, 15) is 10.1 Å². The molecule has 0 radical (unpaired) electrons. The fourth-order valence-corrected chi connectivity index (χ4v) is 2.37. The lowest BCUT2D eigenvalue weighted by atomic mass is 10.0. The highest BCUT2D eigenvalue weighted by Gasteiger charge is 2.13. The molecule has 0 heterocycles. The molecule has 5 heteroatoms. The minimum absolute atomic E-state index is 0.0724. The topological polar surface area (TPSA) is 55.2 Å². The first-order valence-electron chi connectivity index (χ1n) is 6.74. The van der Waals surface area contributed by atoms with Gasteiger partial charge >= 0.3 is 0 Å². The summed E-state index contributed by atoms with van der Waals surface area (Å²) in [6.07, 6.45) is 0. The van der Waals surface area contributed by atoms with Gasteiger partial charge in [0.1, 0.15) is 5.69 Å². The molecule has 0 aliphatic carbocycles. The number of benzene rings is 2. The summed E-state index contributed by atoms with van der Waals surface area (Å²) in [5, 5.41) is 14.2. The van der Waals surface area contributed by atoms with E-state index in [-0.39, 0.29) is 10.6 Å². The van der Waals surface area contributed by atoms with Gasteiger partial charge in [0.05, 0.1) is 4.92 Å². The Bertz CT molecular complexity index is 639. The number of nitro benzene ring substituents is 1. The fraction of sp³-hybridized carbons (Fsp3) is 0.250. The molecule has 0 unspecified atom stereocenters. The Balaban J connectivity index is 2.11. The molecule has 0 atom stereocenters. The van der Waals surface area contributed by atoms with Gasteiger partial charge < -0.3 is 5.32 Å². The Kier molecular flexibility index (Phi) is 4.96. The van der Waals surface area contributed by atoms with Crippen molar-refractivity contribution >= 4 is 27.3 Å². The molecule has 0 bridgehead atoms. The highest BCUT2D eigenvalue weighted by atomic mass is 79.9. The van der Waals surface area contributed by atoms with Gasteiger partial charge in [0, 0.05) is 17.1 Å². The monoisotopic (exact) mass is 348 g/mol. The van der Waals surface area contributed by atoms with Crippen molar-refractivity contribution in [3.05, 3.63) is 68.2 Å². The summed E-state index contributed by atoms with van der Waals surface area (Å²) in [6, 6.07) is 13.3. The van der Waals surface area contributed by atoms with Gasteiger partial charge in [0.15, 0.2) is 0 Å². The van der Waals surface area contributed by atoms with Crippen molar-refractivity contribution < 1.29 is 4.92 Å². The zero-order valence-electron chi connectivity index (χ0n) is 12.0. The van der Waals surface area contributed by atoms with E-state index in [2.05, 4.69) is 47.2 Å². The van der Waals surface area contributed by atoms with Gasteiger partial charge in [0.2, 0.25) is 0 Å². The number of halogens is 1. The molecule has 0 aromatic heterocycles. The lowest BCUT2D eigenvalue weighted by Crippen LogP contribution is -2.03. The summed E-state index contributed by atoms with van der Waals surface area (Å²) in [7, 11) is 0. The molecule has 0 spiro atoms. The maximum atomic E-state index is 11.0. The van der Waals surface area contributed by atoms with Crippen LogP contribution in [0.25, 0.3) is 0 Å². The molecule has 21 heavy (non-hydrogen) atoms. The average molecular weight is 349 g/mol. The van der Waals surface area contributed by atoms with Crippen molar-refractivity contribution in [2.45, 2.75) is 26.3 Å². The average Bonchev–Trinajstić information content (AvgIpc) is 2.46. The maximum Gasteiger partial charge on any atom is 0.293 e. The van der Waals surface area contributed by atoms with Crippen LogP contribution in [0.3, 0.4) is 0 Å². The smallest absolute Gasteiger partial charge is 0.293 e. The first-order valence-corrected chi connectivity index (χ1v) is 7.53. The Morgan fingerprint density at radius 3 is 2.43 bits per heavy atom. The van der Waals surface area contributed by atoms with Crippen LogP contribution in [0.15, 0.2) is 46.9 Å². The minimum Gasteiger partial charge on any atom is -0.375 e. The predicted molar refractivity (Wildman–Crippen MR) is 88.7 cm³/mol. The summed E-state index contributed by atoms with van der Waals surface area (Å²) >= 11 is 3.25. The SMILES string of the molecule is CC(C)c1ccc(CNc2ccc(Br)cc2[N+](=O)[O-])cc1. The number of rotatable bonds is 5. The van der Waals surface area contributed by atoms with Crippen LogP contribution in [0.1, 0.15) is 30.9 Å². The van der Waals surface area contributed by atoms with Gasteiger partial charge in [-0.3, -0.25) is 10.1 Å². The van der Waals surface area contributed by atoms with E-state index >= 15 is 0 Å². The summed E-state index contributed by atoms with van der Waals surface area (Å²) in [5.74, 6) is 0.500. The molecule has 0 aliphatic heterocycles. The van der Waals surface area contributed by atoms with Gasteiger partial charge in [0.25, 0.3) is 5.69 Å². The summed E-state index contributed by atoms with van der Waals surface area (Å²) in [6.45, 7) is 4.86.